The van der Waals surface area contributed by atoms with E-state index in [9.17, 15) is 0 Å². The number of imidazole rings is 1. The van der Waals surface area contributed by atoms with Crippen molar-refractivity contribution in [3.63, 3.8) is 0 Å². The topological polar surface area (TPSA) is 64.9 Å². The molecule has 0 amide bonds. The van der Waals surface area contributed by atoms with Gasteiger partial charge in [0, 0.05) is 19.7 Å². The van der Waals surface area contributed by atoms with Crippen LogP contribution in [0.25, 0.3) is 11.2 Å². The average Bonchev–Trinajstić information content (AvgIpc) is 3.06. The number of ether oxygens (including phenoxy) is 1. The summed E-state index contributed by atoms with van der Waals surface area (Å²) in [6.07, 6.45) is 4.09. The number of halogens is 1. The molecule has 7 heteroatoms. The Kier molecular flexibility index (Phi) is 3.05. The molecule has 0 radical (unpaired) electrons. The zero-order valence-electron chi connectivity index (χ0n) is 10.1. The predicted octanol–water partition coefficient (Wildman–Crippen LogP) is 1.70. The molecule has 6 nitrogen and oxygen atoms in total. The minimum atomic E-state index is 0.225. The van der Waals surface area contributed by atoms with E-state index in [2.05, 4.69) is 20.3 Å². The van der Waals surface area contributed by atoms with Crippen LogP contribution in [0.4, 0.5) is 5.82 Å². The van der Waals surface area contributed by atoms with E-state index in [1.165, 1.54) is 12.8 Å². The van der Waals surface area contributed by atoms with Crippen LogP contribution in [0.1, 0.15) is 12.8 Å². The number of methoxy groups -OCH3 is 1. The summed E-state index contributed by atoms with van der Waals surface area (Å²) in [6.45, 7) is 1.34. The van der Waals surface area contributed by atoms with Crippen LogP contribution in [0.5, 0.6) is 0 Å². The van der Waals surface area contributed by atoms with Crippen molar-refractivity contribution in [3.8, 4) is 0 Å². The van der Waals surface area contributed by atoms with Crippen molar-refractivity contribution in [2.24, 2.45) is 0 Å². The maximum Gasteiger partial charge on any atom is 0.226 e. The van der Waals surface area contributed by atoms with Gasteiger partial charge in [0.1, 0.15) is 5.52 Å². The molecule has 0 spiro atoms. The van der Waals surface area contributed by atoms with Gasteiger partial charge in [-0.25, -0.2) is 4.98 Å². The van der Waals surface area contributed by atoms with Gasteiger partial charge in [0.05, 0.1) is 12.9 Å². The Morgan fingerprint density at radius 1 is 1.50 bits per heavy atom. The fourth-order valence-corrected chi connectivity index (χ4v) is 2.00. The molecule has 0 aliphatic heterocycles. The van der Waals surface area contributed by atoms with Gasteiger partial charge in [-0.2, -0.15) is 9.97 Å². The van der Waals surface area contributed by atoms with Gasteiger partial charge in [-0.05, 0) is 24.4 Å². The fourth-order valence-electron chi connectivity index (χ4n) is 1.83. The Hall–Kier alpha value is -1.40. The highest BCUT2D eigenvalue weighted by atomic mass is 35.5. The molecule has 96 valence electrons. The highest BCUT2D eigenvalue weighted by molar-refractivity contribution is 6.28. The lowest BCUT2D eigenvalue weighted by atomic mass is 10.4. The monoisotopic (exact) mass is 267 g/mol. The summed E-state index contributed by atoms with van der Waals surface area (Å²) in [5.74, 6) is 0.765. The normalized spacial score (nSPS) is 15.2. The van der Waals surface area contributed by atoms with Gasteiger partial charge in [-0.1, -0.05) is 0 Å². The molecule has 0 saturated heterocycles. The molecule has 0 aromatic carbocycles. The molecule has 1 aliphatic rings. The Morgan fingerprint density at radius 3 is 3.06 bits per heavy atom. The lowest BCUT2D eigenvalue weighted by Gasteiger charge is -2.08. The summed E-state index contributed by atoms with van der Waals surface area (Å²) in [4.78, 5) is 12.7. The molecule has 1 fully saturated rings. The summed E-state index contributed by atoms with van der Waals surface area (Å²) in [5.41, 5.74) is 1.51. The third-order valence-electron chi connectivity index (χ3n) is 2.90. The second-order valence-electron chi connectivity index (χ2n) is 4.36. The van der Waals surface area contributed by atoms with Crippen molar-refractivity contribution in [2.45, 2.75) is 25.4 Å². The lowest BCUT2D eigenvalue weighted by Crippen LogP contribution is -2.09. The Morgan fingerprint density at radius 2 is 2.33 bits per heavy atom. The van der Waals surface area contributed by atoms with Gasteiger partial charge in [-0.15, -0.1) is 0 Å². The highest BCUT2D eigenvalue weighted by Gasteiger charge is 2.24. The first kappa shape index (κ1) is 11.7. The molecule has 2 aromatic heterocycles. The first-order chi connectivity index (χ1) is 8.78. The van der Waals surface area contributed by atoms with E-state index < -0.39 is 0 Å². The standard InChI is InChI=1S/C11H14ClN5O/c1-18-5-4-17-6-13-9-8(17)10(14-7-2-3-7)16-11(12)15-9/h6-7H,2-5H2,1H3,(H,14,15,16). The molecule has 2 aromatic rings. The smallest absolute Gasteiger partial charge is 0.226 e. The number of nitrogens with zero attached hydrogens (tertiary/aromatic N) is 4. The van der Waals surface area contributed by atoms with E-state index in [4.69, 9.17) is 16.3 Å². The summed E-state index contributed by atoms with van der Waals surface area (Å²) in [6, 6.07) is 0.505. The summed E-state index contributed by atoms with van der Waals surface area (Å²) in [7, 11) is 1.68. The third-order valence-corrected chi connectivity index (χ3v) is 3.07. The predicted molar refractivity (Wildman–Crippen MR) is 68.9 cm³/mol. The number of rotatable bonds is 5. The van der Waals surface area contributed by atoms with Crippen LogP contribution >= 0.6 is 11.6 Å². The van der Waals surface area contributed by atoms with E-state index in [-0.39, 0.29) is 5.28 Å². The largest absolute Gasteiger partial charge is 0.383 e. The van der Waals surface area contributed by atoms with Gasteiger partial charge in [0.15, 0.2) is 11.5 Å². The van der Waals surface area contributed by atoms with Crippen molar-refractivity contribution < 1.29 is 4.74 Å². The van der Waals surface area contributed by atoms with Crippen molar-refractivity contribution in [1.29, 1.82) is 0 Å². The van der Waals surface area contributed by atoms with Crippen LogP contribution in [0, 0.1) is 0 Å². The number of nitrogens with one attached hydrogen (secondary N) is 1. The van der Waals surface area contributed by atoms with Gasteiger partial charge < -0.3 is 14.6 Å². The molecule has 0 unspecified atom stereocenters. The Labute approximate surface area is 109 Å². The zero-order valence-corrected chi connectivity index (χ0v) is 10.8. The number of anilines is 1. The number of fused-ring (bicyclic) bond motifs is 1. The lowest BCUT2D eigenvalue weighted by molar-refractivity contribution is 0.188. The summed E-state index contributed by atoms with van der Waals surface area (Å²) in [5, 5.41) is 3.59. The molecule has 1 aliphatic carbocycles. The molecule has 0 atom stereocenters. The molecular weight excluding hydrogens is 254 g/mol. The molecule has 3 rings (SSSR count). The summed E-state index contributed by atoms with van der Waals surface area (Å²) < 4.78 is 7.07. The molecule has 18 heavy (non-hydrogen) atoms. The first-order valence-corrected chi connectivity index (χ1v) is 6.29. The molecule has 1 saturated carbocycles. The highest BCUT2D eigenvalue weighted by Crippen LogP contribution is 2.28. The van der Waals surface area contributed by atoms with Crippen LogP contribution in [-0.4, -0.2) is 39.3 Å². The Bertz CT molecular complexity index is 566. The molecule has 2 heterocycles. The summed E-state index contributed by atoms with van der Waals surface area (Å²) >= 11 is 5.91. The van der Waals surface area contributed by atoms with Crippen LogP contribution < -0.4 is 5.32 Å². The van der Waals surface area contributed by atoms with Crippen molar-refractivity contribution in [2.75, 3.05) is 19.0 Å². The van der Waals surface area contributed by atoms with E-state index in [1.807, 2.05) is 4.57 Å². The maximum absolute atomic E-state index is 5.91. The van der Waals surface area contributed by atoms with E-state index in [0.717, 1.165) is 17.9 Å². The van der Waals surface area contributed by atoms with Gasteiger partial charge in [-0.3, -0.25) is 0 Å². The SMILES string of the molecule is COCCn1cnc2nc(Cl)nc(NC3CC3)c21. The third kappa shape index (κ3) is 2.26. The van der Waals surface area contributed by atoms with Crippen molar-refractivity contribution in [1.82, 2.24) is 19.5 Å². The van der Waals surface area contributed by atoms with Gasteiger partial charge in [0.2, 0.25) is 5.28 Å². The maximum atomic E-state index is 5.91. The van der Waals surface area contributed by atoms with Crippen molar-refractivity contribution in [3.05, 3.63) is 11.6 Å². The average molecular weight is 268 g/mol. The second-order valence-corrected chi connectivity index (χ2v) is 4.70. The van der Waals surface area contributed by atoms with Gasteiger partial charge in [0.25, 0.3) is 0 Å². The molecule has 0 bridgehead atoms. The number of aromatic nitrogens is 4. The van der Waals surface area contributed by atoms with Gasteiger partial charge >= 0.3 is 0 Å². The minimum Gasteiger partial charge on any atom is -0.383 e. The first-order valence-electron chi connectivity index (χ1n) is 5.92. The van der Waals surface area contributed by atoms with Crippen LogP contribution in [0.2, 0.25) is 5.28 Å². The van der Waals surface area contributed by atoms with Crippen LogP contribution in [0.3, 0.4) is 0 Å². The van der Waals surface area contributed by atoms with Crippen LogP contribution in [0.15, 0.2) is 6.33 Å². The number of hydrogen-bond acceptors (Lipinski definition) is 5. The second kappa shape index (κ2) is 4.70. The molecule has 1 N–H and O–H groups in total. The van der Waals surface area contributed by atoms with E-state index in [0.29, 0.717) is 18.3 Å². The number of hydrogen-bond donors (Lipinski definition) is 1. The van der Waals surface area contributed by atoms with Crippen LogP contribution in [-0.2, 0) is 11.3 Å². The Balaban J connectivity index is 2.02. The fraction of sp³-hybridized carbons (Fsp3) is 0.545. The van der Waals surface area contributed by atoms with E-state index >= 15 is 0 Å². The quantitative estimate of drug-likeness (QED) is 0.836. The minimum absolute atomic E-state index is 0.225. The zero-order chi connectivity index (χ0) is 12.5. The van der Waals surface area contributed by atoms with E-state index in [1.54, 1.807) is 13.4 Å². The molecular formula is C11H14ClN5O. The van der Waals surface area contributed by atoms with Crippen molar-refractivity contribution >= 4 is 28.6 Å².